The summed E-state index contributed by atoms with van der Waals surface area (Å²) in [5, 5.41) is 3.26. The molecule has 0 amide bonds. The van der Waals surface area contributed by atoms with Gasteiger partial charge in [-0.1, -0.05) is 25.5 Å². The molecule has 3 heteroatoms. The third kappa shape index (κ3) is 3.80. The molecule has 1 fully saturated rings. The van der Waals surface area contributed by atoms with Crippen LogP contribution in [0.3, 0.4) is 0 Å². The maximum Gasteiger partial charge on any atom is 0.123 e. The predicted octanol–water partition coefficient (Wildman–Crippen LogP) is 3.74. The highest BCUT2D eigenvalue weighted by Gasteiger charge is 2.28. The Bertz CT molecular complexity index is 390. The normalized spacial score (nSPS) is 21.9. The van der Waals surface area contributed by atoms with Gasteiger partial charge in [0.05, 0.1) is 0 Å². The van der Waals surface area contributed by atoms with Crippen molar-refractivity contribution in [2.75, 3.05) is 20.1 Å². The van der Waals surface area contributed by atoms with Crippen molar-refractivity contribution in [3.8, 4) is 0 Å². The van der Waals surface area contributed by atoms with Gasteiger partial charge in [0.15, 0.2) is 0 Å². The van der Waals surface area contributed by atoms with E-state index in [-0.39, 0.29) is 5.82 Å². The van der Waals surface area contributed by atoms with Crippen molar-refractivity contribution in [1.82, 2.24) is 10.2 Å². The zero-order valence-corrected chi connectivity index (χ0v) is 12.7. The van der Waals surface area contributed by atoms with E-state index in [0.717, 1.165) is 13.0 Å². The van der Waals surface area contributed by atoms with Crippen LogP contribution in [0.15, 0.2) is 24.3 Å². The molecule has 0 bridgehead atoms. The molecule has 1 aromatic rings. The van der Waals surface area contributed by atoms with Crippen molar-refractivity contribution >= 4 is 0 Å². The summed E-state index contributed by atoms with van der Waals surface area (Å²) in [6.45, 7) is 4.48. The fourth-order valence-corrected chi connectivity index (χ4v) is 3.40. The molecular weight excluding hydrogens is 251 g/mol. The molecule has 0 aliphatic carbocycles. The van der Waals surface area contributed by atoms with Crippen molar-refractivity contribution in [3.05, 3.63) is 35.6 Å². The Morgan fingerprint density at radius 3 is 2.70 bits per heavy atom. The maximum absolute atomic E-state index is 13.1. The van der Waals surface area contributed by atoms with E-state index in [2.05, 4.69) is 17.1 Å². The van der Waals surface area contributed by atoms with Gasteiger partial charge in [-0.3, -0.25) is 4.90 Å². The Morgan fingerprint density at radius 2 is 2.05 bits per heavy atom. The fraction of sp³-hybridized carbons (Fsp3) is 0.647. The summed E-state index contributed by atoms with van der Waals surface area (Å²) in [4.78, 5) is 2.65. The standard InChI is InChI=1S/C17H27FN2/c1-3-17(14-7-9-15(18)10-8-14)20-13-5-4-6-16(20)11-12-19-2/h7-10,16-17,19H,3-6,11-13H2,1-2H3. The van der Waals surface area contributed by atoms with Gasteiger partial charge < -0.3 is 5.32 Å². The van der Waals surface area contributed by atoms with E-state index in [9.17, 15) is 4.39 Å². The lowest BCUT2D eigenvalue weighted by molar-refractivity contribution is 0.0860. The first kappa shape index (κ1) is 15.5. The Kier molecular flexibility index (Phi) is 5.99. The van der Waals surface area contributed by atoms with E-state index in [1.165, 1.54) is 37.8 Å². The van der Waals surface area contributed by atoms with Gasteiger partial charge in [0, 0.05) is 12.1 Å². The van der Waals surface area contributed by atoms with Gasteiger partial charge in [-0.25, -0.2) is 4.39 Å². The minimum atomic E-state index is -0.144. The average Bonchev–Trinajstić information content (AvgIpc) is 2.49. The number of rotatable bonds is 6. The third-order valence-corrected chi connectivity index (χ3v) is 4.44. The molecule has 1 heterocycles. The first-order chi connectivity index (χ1) is 9.76. The van der Waals surface area contributed by atoms with E-state index < -0.39 is 0 Å². The van der Waals surface area contributed by atoms with Gasteiger partial charge in [0.25, 0.3) is 0 Å². The summed E-state index contributed by atoms with van der Waals surface area (Å²) in [7, 11) is 2.02. The minimum absolute atomic E-state index is 0.144. The second-order valence-corrected chi connectivity index (χ2v) is 5.76. The van der Waals surface area contributed by atoms with Crippen LogP contribution in [-0.4, -0.2) is 31.1 Å². The molecule has 1 saturated heterocycles. The van der Waals surface area contributed by atoms with Crippen molar-refractivity contribution < 1.29 is 4.39 Å². The van der Waals surface area contributed by atoms with Crippen LogP contribution in [0.5, 0.6) is 0 Å². The largest absolute Gasteiger partial charge is 0.320 e. The van der Waals surface area contributed by atoms with Crippen LogP contribution in [0.2, 0.25) is 0 Å². The molecule has 0 radical (unpaired) electrons. The van der Waals surface area contributed by atoms with Crippen LogP contribution in [0.1, 0.15) is 50.6 Å². The molecule has 2 nitrogen and oxygen atoms in total. The summed E-state index contributed by atoms with van der Waals surface area (Å²) < 4.78 is 13.1. The molecule has 20 heavy (non-hydrogen) atoms. The number of nitrogens with one attached hydrogen (secondary N) is 1. The molecule has 2 unspecified atom stereocenters. The molecule has 1 aliphatic heterocycles. The number of nitrogens with zero attached hydrogens (tertiary/aromatic N) is 1. The molecule has 1 aromatic carbocycles. The fourth-order valence-electron chi connectivity index (χ4n) is 3.40. The third-order valence-electron chi connectivity index (χ3n) is 4.44. The number of likely N-dealkylation sites (tertiary alicyclic amines) is 1. The first-order valence-corrected chi connectivity index (χ1v) is 7.92. The van der Waals surface area contributed by atoms with Gasteiger partial charge in [0.1, 0.15) is 5.82 Å². The van der Waals surface area contributed by atoms with Crippen molar-refractivity contribution in [1.29, 1.82) is 0 Å². The van der Waals surface area contributed by atoms with Crippen molar-refractivity contribution in [2.45, 2.75) is 51.1 Å². The van der Waals surface area contributed by atoms with E-state index in [1.807, 2.05) is 19.2 Å². The lowest BCUT2D eigenvalue weighted by atomic mass is 9.93. The van der Waals surface area contributed by atoms with Gasteiger partial charge >= 0.3 is 0 Å². The van der Waals surface area contributed by atoms with E-state index in [0.29, 0.717) is 12.1 Å². The highest BCUT2D eigenvalue weighted by molar-refractivity contribution is 5.20. The second kappa shape index (κ2) is 7.75. The molecule has 2 atom stereocenters. The van der Waals surface area contributed by atoms with Gasteiger partial charge in [0.2, 0.25) is 0 Å². The van der Waals surface area contributed by atoms with E-state index >= 15 is 0 Å². The van der Waals surface area contributed by atoms with Crippen LogP contribution < -0.4 is 5.32 Å². The second-order valence-electron chi connectivity index (χ2n) is 5.76. The van der Waals surface area contributed by atoms with Crippen LogP contribution in [-0.2, 0) is 0 Å². The highest BCUT2D eigenvalue weighted by atomic mass is 19.1. The van der Waals surface area contributed by atoms with Gasteiger partial charge in [-0.2, -0.15) is 0 Å². The van der Waals surface area contributed by atoms with Crippen LogP contribution in [0, 0.1) is 5.82 Å². The monoisotopic (exact) mass is 278 g/mol. The molecule has 2 rings (SSSR count). The Hall–Kier alpha value is -0.930. The summed E-state index contributed by atoms with van der Waals surface area (Å²) in [5.74, 6) is -0.144. The minimum Gasteiger partial charge on any atom is -0.320 e. The van der Waals surface area contributed by atoms with E-state index in [1.54, 1.807) is 12.1 Å². The molecular formula is C17H27FN2. The number of halogens is 1. The zero-order valence-electron chi connectivity index (χ0n) is 12.7. The lowest BCUT2D eigenvalue weighted by Crippen LogP contribution is -2.43. The number of hydrogen-bond acceptors (Lipinski definition) is 2. The average molecular weight is 278 g/mol. The molecule has 112 valence electrons. The molecule has 0 spiro atoms. The summed E-state index contributed by atoms with van der Waals surface area (Å²) >= 11 is 0. The van der Waals surface area contributed by atoms with Gasteiger partial charge in [-0.15, -0.1) is 0 Å². The van der Waals surface area contributed by atoms with Crippen molar-refractivity contribution in [2.24, 2.45) is 0 Å². The Balaban J connectivity index is 2.12. The number of piperidine rings is 1. The molecule has 1 N–H and O–H groups in total. The topological polar surface area (TPSA) is 15.3 Å². The van der Waals surface area contributed by atoms with Crippen LogP contribution in [0.4, 0.5) is 4.39 Å². The smallest absolute Gasteiger partial charge is 0.123 e. The summed E-state index contributed by atoms with van der Waals surface area (Å²) in [5.41, 5.74) is 1.25. The van der Waals surface area contributed by atoms with E-state index in [4.69, 9.17) is 0 Å². The zero-order chi connectivity index (χ0) is 14.4. The maximum atomic E-state index is 13.1. The highest BCUT2D eigenvalue weighted by Crippen LogP contribution is 2.32. The Morgan fingerprint density at radius 1 is 1.30 bits per heavy atom. The van der Waals surface area contributed by atoms with Crippen LogP contribution in [0.25, 0.3) is 0 Å². The lowest BCUT2D eigenvalue weighted by Gasteiger charge is -2.41. The number of benzene rings is 1. The first-order valence-electron chi connectivity index (χ1n) is 7.92. The number of hydrogen-bond donors (Lipinski definition) is 1. The molecule has 1 aliphatic rings. The molecule has 0 aromatic heterocycles. The summed E-state index contributed by atoms with van der Waals surface area (Å²) in [6.07, 6.45) is 6.20. The summed E-state index contributed by atoms with van der Waals surface area (Å²) in [6, 6.07) is 8.17. The molecule has 0 saturated carbocycles. The van der Waals surface area contributed by atoms with Crippen molar-refractivity contribution in [3.63, 3.8) is 0 Å². The predicted molar refractivity (Wildman–Crippen MR) is 82.3 cm³/mol. The van der Waals surface area contributed by atoms with Crippen LogP contribution >= 0.6 is 0 Å². The van der Waals surface area contributed by atoms with Gasteiger partial charge in [-0.05, 0) is 63.5 Å². The quantitative estimate of drug-likeness (QED) is 0.852. The SMILES string of the molecule is CCC(c1ccc(F)cc1)N1CCCCC1CCNC. The Labute approximate surface area is 122 Å².